The monoisotopic (exact) mass is 282 g/mol. The summed E-state index contributed by atoms with van der Waals surface area (Å²) < 4.78 is 0. The van der Waals surface area contributed by atoms with Crippen LogP contribution in [0.25, 0.3) is 0 Å². The lowest BCUT2D eigenvalue weighted by molar-refractivity contribution is -0.122. The van der Waals surface area contributed by atoms with Crippen LogP contribution in [0.1, 0.15) is 45.1 Å². The molecule has 19 heavy (non-hydrogen) atoms. The van der Waals surface area contributed by atoms with Gasteiger partial charge >= 0.3 is 0 Å². The van der Waals surface area contributed by atoms with Gasteiger partial charge in [0.1, 0.15) is 0 Å². The average Bonchev–Trinajstić information content (AvgIpc) is 2.43. The lowest BCUT2D eigenvalue weighted by atomic mass is 9.93. The van der Waals surface area contributed by atoms with Crippen molar-refractivity contribution in [3.05, 3.63) is 34.9 Å². The molecule has 0 saturated heterocycles. The van der Waals surface area contributed by atoms with Crippen LogP contribution in [0.15, 0.2) is 24.3 Å². The summed E-state index contributed by atoms with van der Waals surface area (Å²) in [5, 5.41) is 3.58. The third-order valence-electron chi connectivity index (χ3n) is 3.76. The normalized spacial score (nSPS) is 13.1. The second kappa shape index (κ2) is 6.92. The Morgan fingerprint density at radius 3 is 2.58 bits per heavy atom. The predicted octanol–water partition coefficient (Wildman–Crippen LogP) is 3.08. The molecule has 1 amide bonds. The van der Waals surface area contributed by atoms with Gasteiger partial charge in [-0.3, -0.25) is 4.79 Å². The van der Waals surface area contributed by atoms with E-state index < -0.39 is 0 Å². The fraction of sp³-hybridized carbons (Fsp3) is 0.533. The molecule has 0 aliphatic rings. The Morgan fingerprint density at radius 1 is 1.42 bits per heavy atom. The number of benzene rings is 1. The lowest BCUT2D eigenvalue weighted by Crippen LogP contribution is -2.49. The van der Waals surface area contributed by atoms with Crippen LogP contribution >= 0.6 is 11.6 Å². The van der Waals surface area contributed by atoms with Gasteiger partial charge in [-0.2, -0.15) is 0 Å². The maximum atomic E-state index is 12.1. The standard InChI is InChI=1S/C15H23ClN2O/c1-4-15(17,5-2)10-18-14(19)11(3)12-7-6-8-13(16)9-12/h6-9,11H,4-5,10,17H2,1-3H3,(H,18,19). The molecule has 0 aliphatic heterocycles. The van der Waals surface area contributed by atoms with Gasteiger partial charge in [-0.25, -0.2) is 0 Å². The zero-order valence-corrected chi connectivity index (χ0v) is 12.6. The van der Waals surface area contributed by atoms with E-state index in [9.17, 15) is 4.79 Å². The maximum Gasteiger partial charge on any atom is 0.227 e. The lowest BCUT2D eigenvalue weighted by Gasteiger charge is -2.27. The summed E-state index contributed by atoms with van der Waals surface area (Å²) in [4.78, 5) is 12.1. The second-order valence-electron chi connectivity index (χ2n) is 5.06. The van der Waals surface area contributed by atoms with E-state index in [4.69, 9.17) is 17.3 Å². The number of nitrogens with two attached hydrogens (primary N) is 1. The fourth-order valence-corrected chi connectivity index (χ4v) is 2.04. The molecule has 0 radical (unpaired) electrons. The van der Waals surface area contributed by atoms with E-state index in [0.29, 0.717) is 11.6 Å². The van der Waals surface area contributed by atoms with Crippen molar-refractivity contribution in [3.63, 3.8) is 0 Å². The minimum Gasteiger partial charge on any atom is -0.354 e. The van der Waals surface area contributed by atoms with Gasteiger partial charge in [0.2, 0.25) is 5.91 Å². The Kier molecular flexibility index (Phi) is 5.83. The van der Waals surface area contributed by atoms with E-state index in [1.807, 2.05) is 39.0 Å². The van der Waals surface area contributed by atoms with Crippen LogP contribution in [-0.4, -0.2) is 18.0 Å². The van der Waals surface area contributed by atoms with E-state index in [2.05, 4.69) is 5.32 Å². The zero-order chi connectivity index (χ0) is 14.5. The average molecular weight is 283 g/mol. The third kappa shape index (κ3) is 4.51. The molecule has 3 N–H and O–H groups in total. The Bertz CT molecular complexity index is 430. The molecule has 106 valence electrons. The van der Waals surface area contributed by atoms with Crippen LogP contribution in [0.5, 0.6) is 0 Å². The first kappa shape index (κ1) is 16.0. The number of rotatable bonds is 6. The Balaban J connectivity index is 2.63. The van der Waals surface area contributed by atoms with Gasteiger partial charge in [0.05, 0.1) is 5.92 Å². The zero-order valence-electron chi connectivity index (χ0n) is 11.9. The molecule has 1 atom stereocenters. The van der Waals surface area contributed by atoms with Crippen molar-refractivity contribution in [3.8, 4) is 0 Å². The first-order valence-electron chi connectivity index (χ1n) is 6.74. The van der Waals surface area contributed by atoms with Gasteiger partial charge in [-0.05, 0) is 37.5 Å². The molecule has 0 saturated carbocycles. The Hall–Kier alpha value is -1.06. The molecule has 0 aliphatic carbocycles. The number of amides is 1. The van der Waals surface area contributed by atoms with E-state index >= 15 is 0 Å². The largest absolute Gasteiger partial charge is 0.354 e. The molecular formula is C15H23ClN2O. The summed E-state index contributed by atoms with van der Waals surface area (Å²) in [6.45, 7) is 6.45. The smallest absolute Gasteiger partial charge is 0.227 e. The van der Waals surface area contributed by atoms with Crippen LogP contribution in [0.3, 0.4) is 0 Å². The SMILES string of the molecule is CCC(N)(CC)CNC(=O)C(C)c1cccc(Cl)c1. The van der Waals surface area contributed by atoms with Crippen LogP contribution in [0.4, 0.5) is 0 Å². The summed E-state index contributed by atoms with van der Waals surface area (Å²) in [7, 11) is 0. The van der Waals surface area contributed by atoms with E-state index in [1.54, 1.807) is 6.07 Å². The van der Waals surface area contributed by atoms with Crippen molar-refractivity contribution in [2.24, 2.45) is 5.73 Å². The maximum absolute atomic E-state index is 12.1. The summed E-state index contributed by atoms with van der Waals surface area (Å²) in [5.41, 5.74) is 6.77. The molecule has 1 rings (SSSR count). The van der Waals surface area contributed by atoms with Crippen molar-refractivity contribution in [2.75, 3.05) is 6.54 Å². The van der Waals surface area contributed by atoms with Gasteiger partial charge < -0.3 is 11.1 Å². The van der Waals surface area contributed by atoms with Gasteiger partial charge in [0.15, 0.2) is 0 Å². The molecule has 0 aromatic heterocycles. The third-order valence-corrected chi connectivity index (χ3v) is 4.00. The minimum atomic E-state index is -0.316. The first-order chi connectivity index (χ1) is 8.91. The Morgan fingerprint density at radius 2 is 2.05 bits per heavy atom. The van der Waals surface area contributed by atoms with Crippen molar-refractivity contribution >= 4 is 17.5 Å². The molecular weight excluding hydrogens is 260 g/mol. The van der Waals surface area contributed by atoms with E-state index in [1.165, 1.54) is 0 Å². The number of halogens is 1. The summed E-state index contributed by atoms with van der Waals surface area (Å²) in [5.74, 6) is -0.240. The predicted molar refractivity (Wildman–Crippen MR) is 80.4 cm³/mol. The van der Waals surface area contributed by atoms with Crippen molar-refractivity contribution in [1.82, 2.24) is 5.32 Å². The topological polar surface area (TPSA) is 55.1 Å². The van der Waals surface area contributed by atoms with Crippen molar-refractivity contribution in [2.45, 2.75) is 45.1 Å². The minimum absolute atomic E-state index is 0.0148. The molecule has 1 unspecified atom stereocenters. The number of hydrogen-bond donors (Lipinski definition) is 2. The van der Waals surface area contributed by atoms with Crippen molar-refractivity contribution in [1.29, 1.82) is 0 Å². The van der Waals surface area contributed by atoms with E-state index in [0.717, 1.165) is 18.4 Å². The molecule has 0 bridgehead atoms. The molecule has 0 heterocycles. The summed E-state index contributed by atoms with van der Waals surface area (Å²) in [6.07, 6.45) is 1.69. The van der Waals surface area contributed by atoms with Gasteiger partial charge in [0.25, 0.3) is 0 Å². The quantitative estimate of drug-likeness (QED) is 0.842. The highest BCUT2D eigenvalue weighted by Crippen LogP contribution is 2.19. The number of hydrogen-bond acceptors (Lipinski definition) is 2. The highest BCUT2D eigenvalue weighted by molar-refractivity contribution is 6.30. The molecule has 4 heteroatoms. The van der Waals surface area contributed by atoms with Gasteiger partial charge in [0, 0.05) is 17.1 Å². The molecule has 3 nitrogen and oxygen atoms in total. The first-order valence-corrected chi connectivity index (χ1v) is 7.11. The van der Waals surface area contributed by atoms with Crippen molar-refractivity contribution < 1.29 is 4.79 Å². The summed E-state index contributed by atoms with van der Waals surface area (Å²) >= 11 is 5.94. The Labute approximate surface area is 120 Å². The molecule has 0 spiro atoms. The summed E-state index contributed by atoms with van der Waals surface area (Å²) in [6, 6.07) is 7.38. The van der Waals surface area contributed by atoms with Crippen LogP contribution < -0.4 is 11.1 Å². The molecule has 1 aromatic carbocycles. The second-order valence-corrected chi connectivity index (χ2v) is 5.50. The van der Waals surface area contributed by atoms with Crippen LogP contribution in [0, 0.1) is 0 Å². The highest BCUT2D eigenvalue weighted by Gasteiger charge is 2.23. The van der Waals surface area contributed by atoms with Crippen LogP contribution in [0.2, 0.25) is 5.02 Å². The van der Waals surface area contributed by atoms with Gasteiger partial charge in [-0.15, -0.1) is 0 Å². The molecule has 0 fully saturated rings. The number of carbonyl (C=O) groups is 1. The van der Waals surface area contributed by atoms with Gasteiger partial charge in [-0.1, -0.05) is 37.6 Å². The number of nitrogens with one attached hydrogen (secondary N) is 1. The highest BCUT2D eigenvalue weighted by atomic mass is 35.5. The number of carbonyl (C=O) groups excluding carboxylic acids is 1. The fourth-order valence-electron chi connectivity index (χ4n) is 1.84. The van der Waals surface area contributed by atoms with Crippen LogP contribution in [-0.2, 0) is 4.79 Å². The molecule has 1 aromatic rings. The van der Waals surface area contributed by atoms with E-state index in [-0.39, 0.29) is 17.4 Å².